The van der Waals surface area contributed by atoms with Gasteiger partial charge in [-0.25, -0.2) is 4.39 Å². The zero-order chi connectivity index (χ0) is 27.4. The molecule has 1 saturated carbocycles. The minimum Gasteiger partial charge on any atom is -0.409 e. The normalized spacial score (nSPS) is 18.3. The second kappa shape index (κ2) is 12.5. The Morgan fingerprint density at radius 3 is 2.97 bits per heavy atom. The Kier molecular flexibility index (Phi) is 8.82. The highest BCUT2D eigenvalue weighted by Gasteiger charge is 2.36. The van der Waals surface area contributed by atoms with Crippen molar-refractivity contribution >= 4 is 23.3 Å². The quantitative estimate of drug-likeness (QED) is 0.285. The predicted molar refractivity (Wildman–Crippen MR) is 149 cm³/mol. The number of hydroxylamine groups is 1. The van der Waals surface area contributed by atoms with E-state index in [-0.39, 0.29) is 18.2 Å². The second-order valence-electron chi connectivity index (χ2n) is 10.9. The molecular formula is C29H38FN5O3S. The third-order valence-corrected chi connectivity index (χ3v) is 8.70. The van der Waals surface area contributed by atoms with Crippen LogP contribution < -0.4 is 15.2 Å². The number of halogens is 1. The van der Waals surface area contributed by atoms with E-state index in [0.29, 0.717) is 42.3 Å². The first kappa shape index (κ1) is 27.6. The van der Waals surface area contributed by atoms with Gasteiger partial charge >= 0.3 is 6.01 Å². The molecule has 2 atom stereocenters. The number of rotatable bonds is 13. The summed E-state index contributed by atoms with van der Waals surface area (Å²) < 4.78 is 20.2. The molecule has 0 bridgehead atoms. The van der Waals surface area contributed by atoms with E-state index >= 15 is 0 Å². The van der Waals surface area contributed by atoms with Crippen LogP contribution in [0.5, 0.6) is 5.75 Å². The maximum Gasteiger partial charge on any atom is 0.324 e. The van der Waals surface area contributed by atoms with Crippen molar-refractivity contribution in [3.05, 3.63) is 57.3 Å². The van der Waals surface area contributed by atoms with E-state index in [2.05, 4.69) is 52.7 Å². The van der Waals surface area contributed by atoms with Crippen molar-refractivity contribution in [3.63, 3.8) is 0 Å². The van der Waals surface area contributed by atoms with Crippen LogP contribution in [0.15, 0.2) is 34.2 Å². The van der Waals surface area contributed by atoms with Gasteiger partial charge in [-0.15, -0.1) is 11.3 Å². The lowest BCUT2D eigenvalue weighted by Crippen LogP contribution is -2.36. The molecule has 0 saturated heterocycles. The summed E-state index contributed by atoms with van der Waals surface area (Å²) in [6.07, 6.45) is 4.29. The van der Waals surface area contributed by atoms with Crippen LogP contribution in [0.1, 0.15) is 67.8 Å². The number of thiophene rings is 1. The smallest absolute Gasteiger partial charge is 0.324 e. The number of amides is 1. The monoisotopic (exact) mass is 555 g/mol. The molecule has 2 unspecified atom stereocenters. The third-order valence-electron chi connectivity index (χ3n) is 7.75. The molecule has 2 aliphatic rings. The molecule has 1 aliphatic heterocycles. The zero-order valence-corrected chi connectivity index (χ0v) is 23.8. The number of hydrogen-bond donors (Lipinski definition) is 1. The molecule has 3 aromatic rings. The molecular weight excluding hydrogens is 517 g/mol. The molecule has 0 radical (unpaired) electrons. The Hall–Kier alpha value is -2.98. The van der Waals surface area contributed by atoms with E-state index < -0.39 is 5.82 Å². The fraction of sp³-hybridized carbons (Fsp3) is 0.552. The van der Waals surface area contributed by atoms with Crippen LogP contribution in [0, 0.1) is 17.7 Å². The lowest BCUT2D eigenvalue weighted by atomic mass is 10.1. The van der Waals surface area contributed by atoms with E-state index in [4.69, 9.17) is 9.36 Å². The number of aromatic nitrogens is 2. The number of carbonyl (C=O) groups is 1. The first-order chi connectivity index (χ1) is 18.9. The number of carbonyl (C=O) groups excluding carboxylic acids is 1. The summed E-state index contributed by atoms with van der Waals surface area (Å²) in [7, 11) is 0. The maximum absolute atomic E-state index is 14.7. The van der Waals surface area contributed by atoms with Gasteiger partial charge in [-0.1, -0.05) is 25.1 Å². The molecule has 1 aromatic carbocycles. The van der Waals surface area contributed by atoms with E-state index in [0.717, 1.165) is 44.7 Å². The number of anilines is 1. The van der Waals surface area contributed by atoms with Gasteiger partial charge in [-0.3, -0.25) is 4.79 Å². The number of nitrogens with zero attached hydrogens (tertiary/aromatic N) is 4. The van der Waals surface area contributed by atoms with Gasteiger partial charge in [0.15, 0.2) is 5.82 Å². The highest BCUT2D eigenvalue weighted by atomic mass is 32.1. The highest BCUT2D eigenvalue weighted by molar-refractivity contribution is 7.10. The van der Waals surface area contributed by atoms with Gasteiger partial charge in [-0.05, 0) is 73.1 Å². The Labute approximate surface area is 233 Å². The molecule has 5 rings (SSSR count). The van der Waals surface area contributed by atoms with Crippen molar-refractivity contribution in [2.24, 2.45) is 11.8 Å². The first-order valence-corrected chi connectivity index (χ1v) is 14.9. The highest BCUT2D eigenvalue weighted by Crippen LogP contribution is 2.41. The first-order valence-electron chi connectivity index (χ1n) is 14.0. The predicted octanol–water partition coefficient (Wildman–Crippen LogP) is 5.35. The lowest BCUT2D eigenvalue weighted by molar-refractivity contribution is -0.131. The molecule has 39 heavy (non-hydrogen) atoms. The summed E-state index contributed by atoms with van der Waals surface area (Å²) >= 11 is 1.68. The van der Waals surface area contributed by atoms with Gasteiger partial charge in [0.25, 0.3) is 0 Å². The van der Waals surface area contributed by atoms with Crippen molar-refractivity contribution in [2.75, 3.05) is 31.1 Å². The molecule has 1 N–H and O–H groups in total. The average Bonchev–Trinajstić information content (AvgIpc) is 3.29. The molecule has 3 heterocycles. The largest absolute Gasteiger partial charge is 0.409 e. The van der Waals surface area contributed by atoms with E-state index in [1.807, 2.05) is 4.90 Å². The number of benzene rings is 1. The number of hydrogen-bond acceptors (Lipinski definition) is 8. The van der Waals surface area contributed by atoms with Gasteiger partial charge in [-0.2, -0.15) is 10.5 Å². The van der Waals surface area contributed by atoms with Gasteiger partial charge < -0.3 is 19.2 Å². The van der Waals surface area contributed by atoms with Gasteiger partial charge in [0.2, 0.25) is 5.91 Å². The van der Waals surface area contributed by atoms with E-state index in [1.165, 1.54) is 22.9 Å². The van der Waals surface area contributed by atoms with Crippen LogP contribution in [0.25, 0.3) is 0 Å². The van der Waals surface area contributed by atoms with Crippen LogP contribution in [0.3, 0.4) is 0 Å². The Bertz CT molecular complexity index is 1260. The van der Waals surface area contributed by atoms with Gasteiger partial charge in [0.1, 0.15) is 11.6 Å². The Balaban J connectivity index is 0.996. The van der Waals surface area contributed by atoms with Crippen LogP contribution in [0.2, 0.25) is 0 Å². The molecule has 0 spiro atoms. The molecule has 1 fully saturated rings. The topological polar surface area (TPSA) is 83.7 Å². The van der Waals surface area contributed by atoms with Crippen molar-refractivity contribution in [2.45, 2.75) is 65.3 Å². The standard InChI is InChI=1S/C29H38FN5O3S/c1-4-34(29-32-28(19(2)3)33-38-29)11-5-6-21-14-23(21)17-31-37-24-8-7-22(25(30)16-24)15-27(36)35-12-9-20-10-13-39-26(20)18-35/h7-8,10,13,16,19,21,23,31H,4-6,9,11-12,14-15,17-18H2,1-3H3. The molecule has 1 amide bonds. The number of nitrogens with one attached hydrogen (secondary N) is 1. The third kappa shape index (κ3) is 6.97. The summed E-state index contributed by atoms with van der Waals surface area (Å²) in [6, 6.07) is 7.46. The molecule has 10 heteroatoms. The van der Waals surface area contributed by atoms with Crippen LogP contribution in [-0.2, 0) is 24.2 Å². The zero-order valence-electron chi connectivity index (χ0n) is 23.0. The minimum absolute atomic E-state index is 0.0426. The van der Waals surface area contributed by atoms with Gasteiger partial charge in [0, 0.05) is 43.0 Å². The fourth-order valence-corrected chi connectivity index (χ4v) is 6.08. The fourth-order valence-electron chi connectivity index (χ4n) is 5.13. The van der Waals surface area contributed by atoms with Crippen molar-refractivity contribution in [1.82, 2.24) is 20.5 Å². The maximum atomic E-state index is 14.7. The summed E-state index contributed by atoms with van der Waals surface area (Å²) in [5.74, 6) is 2.18. The van der Waals surface area contributed by atoms with Crippen LogP contribution >= 0.6 is 11.3 Å². The molecule has 1 aliphatic carbocycles. The lowest BCUT2D eigenvalue weighted by Gasteiger charge is -2.27. The molecule has 2 aromatic heterocycles. The summed E-state index contributed by atoms with van der Waals surface area (Å²) in [4.78, 5) is 28.1. The summed E-state index contributed by atoms with van der Waals surface area (Å²) in [6.45, 7) is 9.97. The summed E-state index contributed by atoms with van der Waals surface area (Å²) in [5, 5.41) is 6.13. The summed E-state index contributed by atoms with van der Waals surface area (Å²) in [5.41, 5.74) is 4.73. The van der Waals surface area contributed by atoms with Crippen LogP contribution in [-0.4, -0.2) is 47.1 Å². The van der Waals surface area contributed by atoms with E-state index in [1.54, 1.807) is 23.5 Å². The average molecular weight is 556 g/mol. The number of fused-ring (bicyclic) bond motifs is 1. The molecule has 8 nitrogen and oxygen atoms in total. The van der Waals surface area contributed by atoms with Gasteiger partial charge in [0.05, 0.1) is 13.0 Å². The minimum atomic E-state index is -0.414. The van der Waals surface area contributed by atoms with E-state index in [9.17, 15) is 9.18 Å². The SMILES string of the molecule is CCN(CCCC1CC1CNOc1ccc(CC(=O)N2CCc3ccsc3C2)c(F)c1)c1nc(C(C)C)no1. The second-order valence-corrected chi connectivity index (χ2v) is 11.9. The molecule has 210 valence electrons. The Morgan fingerprint density at radius 1 is 1.33 bits per heavy atom. The van der Waals surface area contributed by atoms with Crippen molar-refractivity contribution < 1.29 is 18.5 Å². The van der Waals surface area contributed by atoms with Crippen LogP contribution in [0.4, 0.5) is 10.4 Å². The van der Waals surface area contributed by atoms with Crippen molar-refractivity contribution in [1.29, 1.82) is 0 Å². The Morgan fingerprint density at radius 2 is 2.21 bits per heavy atom. The van der Waals surface area contributed by atoms with Crippen molar-refractivity contribution in [3.8, 4) is 5.75 Å².